The minimum atomic E-state index is 0.703. The van der Waals surface area contributed by atoms with E-state index >= 15 is 0 Å². The first-order valence-corrected chi connectivity index (χ1v) is 9.50. The molecule has 2 saturated carbocycles. The summed E-state index contributed by atoms with van der Waals surface area (Å²) in [4.78, 5) is 0. The average Bonchev–Trinajstić information content (AvgIpc) is 2.63. The van der Waals surface area contributed by atoms with Crippen LogP contribution in [0.15, 0.2) is 35.9 Å². The van der Waals surface area contributed by atoms with Gasteiger partial charge in [0.25, 0.3) is 0 Å². The van der Waals surface area contributed by atoms with E-state index in [9.17, 15) is 0 Å². The highest BCUT2D eigenvalue weighted by atomic mass is 35.5. The average molecular weight is 328 g/mol. The van der Waals surface area contributed by atoms with Crippen molar-refractivity contribution in [2.75, 3.05) is 0 Å². The molecule has 0 amide bonds. The van der Waals surface area contributed by atoms with Crippen molar-refractivity contribution in [2.45, 2.75) is 57.3 Å². The molecule has 0 aliphatic heterocycles. The summed E-state index contributed by atoms with van der Waals surface area (Å²) >= 11 is 5.71. The van der Waals surface area contributed by atoms with Crippen LogP contribution >= 0.6 is 11.6 Å². The SMILES string of the molecule is N#Cc1ccc(C2CCC([C@H]3CC[C@H](/C=C/Cl)CC3)CC2)cc1. The molecule has 2 heteroatoms. The van der Waals surface area contributed by atoms with Crippen LogP contribution in [0.1, 0.15) is 68.4 Å². The Bertz CT molecular complexity index is 552. The van der Waals surface area contributed by atoms with Gasteiger partial charge in [0, 0.05) is 5.54 Å². The Balaban J connectivity index is 1.49. The molecule has 2 fully saturated rings. The van der Waals surface area contributed by atoms with Crippen LogP contribution in [0, 0.1) is 29.1 Å². The van der Waals surface area contributed by atoms with E-state index < -0.39 is 0 Å². The quantitative estimate of drug-likeness (QED) is 0.630. The molecule has 2 aliphatic carbocycles. The highest BCUT2D eigenvalue weighted by Crippen LogP contribution is 2.44. The lowest BCUT2D eigenvalue weighted by molar-refractivity contribution is 0.171. The van der Waals surface area contributed by atoms with Gasteiger partial charge in [0.2, 0.25) is 0 Å². The third-order valence-electron chi connectivity index (χ3n) is 6.11. The minimum absolute atomic E-state index is 0.703. The van der Waals surface area contributed by atoms with Crippen LogP contribution in [0.4, 0.5) is 0 Å². The number of hydrogen-bond acceptors (Lipinski definition) is 1. The van der Waals surface area contributed by atoms with Gasteiger partial charge in [-0.25, -0.2) is 0 Å². The van der Waals surface area contributed by atoms with E-state index in [1.807, 2.05) is 12.1 Å². The molecule has 0 saturated heterocycles. The molecule has 0 heterocycles. The largest absolute Gasteiger partial charge is 0.192 e. The molecular weight excluding hydrogens is 302 g/mol. The van der Waals surface area contributed by atoms with E-state index in [1.54, 1.807) is 5.54 Å². The van der Waals surface area contributed by atoms with Crippen molar-refractivity contribution in [3.63, 3.8) is 0 Å². The Hall–Kier alpha value is -1.26. The van der Waals surface area contributed by atoms with Crippen LogP contribution in [0.25, 0.3) is 0 Å². The second-order valence-corrected chi connectivity index (χ2v) is 7.59. The third kappa shape index (κ3) is 4.18. The van der Waals surface area contributed by atoms with Crippen molar-refractivity contribution >= 4 is 11.6 Å². The van der Waals surface area contributed by atoms with E-state index in [4.69, 9.17) is 16.9 Å². The molecule has 2 aliphatic rings. The van der Waals surface area contributed by atoms with Crippen LogP contribution in [-0.4, -0.2) is 0 Å². The number of nitrogens with zero attached hydrogens (tertiary/aromatic N) is 1. The zero-order valence-electron chi connectivity index (χ0n) is 13.8. The molecule has 0 radical (unpaired) electrons. The van der Waals surface area contributed by atoms with Gasteiger partial charge in [-0.05, 0) is 92.7 Å². The topological polar surface area (TPSA) is 23.8 Å². The van der Waals surface area contributed by atoms with Crippen molar-refractivity contribution in [3.05, 3.63) is 47.0 Å². The fourth-order valence-electron chi connectivity index (χ4n) is 4.67. The van der Waals surface area contributed by atoms with Crippen molar-refractivity contribution in [2.24, 2.45) is 17.8 Å². The van der Waals surface area contributed by atoms with Crippen molar-refractivity contribution in [1.29, 1.82) is 5.26 Å². The molecule has 1 nitrogen and oxygen atoms in total. The highest BCUT2D eigenvalue weighted by molar-refractivity contribution is 6.25. The number of halogens is 1. The van der Waals surface area contributed by atoms with E-state index in [0.29, 0.717) is 5.92 Å². The second kappa shape index (κ2) is 8.02. The lowest BCUT2D eigenvalue weighted by Gasteiger charge is -2.37. The number of allylic oxidation sites excluding steroid dienone is 1. The van der Waals surface area contributed by atoms with E-state index in [1.165, 1.54) is 56.9 Å². The van der Waals surface area contributed by atoms with Crippen LogP contribution in [0.5, 0.6) is 0 Å². The molecule has 122 valence electrons. The monoisotopic (exact) mass is 327 g/mol. The van der Waals surface area contributed by atoms with E-state index in [2.05, 4.69) is 24.3 Å². The van der Waals surface area contributed by atoms with Crippen LogP contribution in [-0.2, 0) is 0 Å². The summed E-state index contributed by atoms with van der Waals surface area (Å²) in [6.45, 7) is 0. The van der Waals surface area contributed by atoms with Crippen LogP contribution in [0.3, 0.4) is 0 Å². The summed E-state index contributed by atoms with van der Waals surface area (Å²) in [5.41, 5.74) is 3.90. The molecule has 0 atom stereocenters. The Labute approximate surface area is 145 Å². The predicted molar refractivity (Wildman–Crippen MR) is 96.3 cm³/mol. The Morgan fingerprint density at radius 1 is 0.870 bits per heavy atom. The first kappa shape index (κ1) is 16.6. The van der Waals surface area contributed by atoms with Crippen LogP contribution < -0.4 is 0 Å². The smallest absolute Gasteiger partial charge is 0.0991 e. The maximum atomic E-state index is 8.91. The first-order chi connectivity index (χ1) is 11.3. The zero-order valence-corrected chi connectivity index (χ0v) is 14.5. The third-order valence-corrected chi connectivity index (χ3v) is 6.26. The number of benzene rings is 1. The summed E-state index contributed by atoms with van der Waals surface area (Å²) in [7, 11) is 0. The summed E-state index contributed by atoms with van der Waals surface area (Å²) in [6, 6.07) is 10.5. The Morgan fingerprint density at radius 2 is 1.43 bits per heavy atom. The first-order valence-electron chi connectivity index (χ1n) is 9.07. The second-order valence-electron chi connectivity index (χ2n) is 7.34. The molecule has 23 heavy (non-hydrogen) atoms. The van der Waals surface area contributed by atoms with Gasteiger partial charge in [-0.15, -0.1) is 0 Å². The lowest BCUT2D eigenvalue weighted by Crippen LogP contribution is -2.25. The fourth-order valence-corrected chi connectivity index (χ4v) is 4.87. The van der Waals surface area contributed by atoms with Crippen molar-refractivity contribution in [1.82, 2.24) is 0 Å². The fraction of sp³-hybridized carbons (Fsp3) is 0.571. The van der Waals surface area contributed by atoms with Gasteiger partial charge in [-0.2, -0.15) is 5.26 Å². The Morgan fingerprint density at radius 3 is 1.96 bits per heavy atom. The molecular formula is C21H26ClN. The maximum Gasteiger partial charge on any atom is 0.0991 e. The van der Waals surface area contributed by atoms with Crippen LogP contribution in [0.2, 0.25) is 0 Å². The molecule has 0 unspecified atom stereocenters. The maximum absolute atomic E-state index is 8.91. The lowest BCUT2D eigenvalue weighted by atomic mass is 9.68. The molecule has 0 N–H and O–H groups in total. The molecule has 1 aromatic carbocycles. The summed E-state index contributed by atoms with van der Waals surface area (Å²) in [5.74, 6) is 3.30. The number of nitriles is 1. The zero-order chi connectivity index (χ0) is 16.1. The van der Waals surface area contributed by atoms with Gasteiger partial charge in [0.1, 0.15) is 0 Å². The van der Waals surface area contributed by atoms with Crippen molar-refractivity contribution in [3.8, 4) is 6.07 Å². The highest BCUT2D eigenvalue weighted by Gasteiger charge is 2.30. The van der Waals surface area contributed by atoms with Gasteiger partial charge in [0.05, 0.1) is 11.6 Å². The van der Waals surface area contributed by atoms with Gasteiger partial charge >= 0.3 is 0 Å². The molecule has 0 spiro atoms. The molecule has 1 aromatic rings. The summed E-state index contributed by atoms with van der Waals surface area (Å²) < 4.78 is 0. The van der Waals surface area contributed by atoms with E-state index in [0.717, 1.165) is 23.3 Å². The molecule has 0 aromatic heterocycles. The molecule has 3 rings (SSSR count). The van der Waals surface area contributed by atoms with E-state index in [-0.39, 0.29) is 0 Å². The van der Waals surface area contributed by atoms with Gasteiger partial charge in [0.15, 0.2) is 0 Å². The number of rotatable bonds is 3. The predicted octanol–water partition coefficient (Wildman–Crippen LogP) is 6.39. The summed E-state index contributed by atoms with van der Waals surface area (Å²) in [6.07, 6.45) is 13.0. The Kier molecular flexibility index (Phi) is 5.79. The standard InChI is InChI=1S/C21H26ClN/c22-14-13-16-1-5-18(6-2-16)20-9-11-21(12-10-20)19-7-3-17(15-23)4-8-19/h3-4,7-8,13-14,16,18,20-21H,1-2,5-6,9-12H2/b14-13+/t16-,18-,20?,21?. The van der Waals surface area contributed by atoms with Gasteiger partial charge in [-0.3, -0.25) is 0 Å². The minimum Gasteiger partial charge on any atom is -0.192 e. The molecule has 0 bridgehead atoms. The summed E-state index contributed by atoms with van der Waals surface area (Å²) in [5, 5.41) is 8.91. The van der Waals surface area contributed by atoms with Gasteiger partial charge in [-0.1, -0.05) is 29.8 Å². The number of hydrogen-bond donors (Lipinski definition) is 0. The van der Waals surface area contributed by atoms with Crippen molar-refractivity contribution < 1.29 is 0 Å². The van der Waals surface area contributed by atoms with Gasteiger partial charge < -0.3 is 0 Å². The normalized spacial score (nSPS) is 31.8.